The number of nitrogens with zero attached hydrogens (tertiary/aromatic N) is 3. The minimum Gasteiger partial charge on any atom is -0.497 e. The van der Waals surface area contributed by atoms with E-state index in [0.29, 0.717) is 28.6 Å². The number of ether oxygens (including phenoxy) is 1. The summed E-state index contributed by atoms with van der Waals surface area (Å²) in [5.74, 6) is -0.0108. The van der Waals surface area contributed by atoms with Gasteiger partial charge in [0.2, 0.25) is 5.91 Å². The van der Waals surface area contributed by atoms with Crippen LogP contribution in [0.4, 0.5) is 0 Å². The molecule has 1 fully saturated rings. The van der Waals surface area contributed by atoms with Gasteiger partial charge < -0.3 is 4.74 Å². The van der Waals surface area contributed by atoms with E-state index in [2.05, 4.69) is 0 Å². The highest BCUT2D eigenvalue weighted by Crippen LogP contribution is 2.28. The smallest absolute Gasteiger partial charge is 0.329 e. The highest BCUT2D eigenvalue weighted by Gasteiger charge is 2.37. The summed E-state index contributed by atoms with van der Waals surface area (Å²) in [5.41, 5.74) is 1.75. The van der Waals surface area contributed by atoms with Crippen LogP contribution in [0.5, 0.6) is 5.75 Å². The zero-order valence-electron chi connectivity index (χ0n) is 16.7. The molecule has 8 nitrogen and oxygen atoms in total. The van der Waals surface area contributed by atoms with Crippen molar-refractivity contribution in [1.82, 2.24) is 14.0 Å². The normalized spacial score (nSPS) is 16.9. The number of benzene rings is 2. The van der Waals surface area contributed by atoms with Crippen LogP contribution in [0.3, 0.4) is 0 Å². The number of piperidine rings is 1. The lowest BCUT2D eigenvalue weighted by atomic mass is 10.0. The molecular formula is C22H21N3O5. The second-order valence-electron chi connectivity index (χ2n) is 7.27. The third kappa shape index (κ3) is 3.10. The molecule has 1 unspecified atom stereocenters. The summed E-state index contributed by atoms with van der Waals surface area (Å²) >= 11 is 0. The molecule has 0 N–H and O–H groups in total. The van der Waals surface area contributed by atoms with Gasteiger partial charge in [0.05, 0.1) is 24.7 Å². The fourth-order valence-corrected chi connectivity index (χ4v) is 4.01. The molecule has 154 valence electrons. The minimum absolute atomic E-state index is 0.122. The van der Waals surface area contributed by atoms with Gasteiger partial charge in [0, 0.05) is 19.0 Å². The Balaban J connectivity index is 1.73. The monoisotopic (exact) mass is 407 g/mol. The Labute approximate surface area is 172 Å². The van der Waals surface area contributed by atoms with Crippen molar-refractivity contribution in [2.24, 2.45) is 7.05 Å². The zero-order chi connectivity index (χ0) is 21.4. The Hall–Kier alpha value is -3.68. The number of imide groups is 1. The van der Waals surface area contributed by atoms with Crippen molar-refractivity contribution in [1.29, 1.82) is 0 Å². The molecule has 2 aromatic carbocycles. The van der Waals surface area contributed by atoms with Gasteiger partial charge in [-0.15, -0.1) is 0 Å². The second kappa shape index (κ2) is 7.62. The molecule has 8 heteroatoms. The Bertz CT molecular complexity index is 1210. The lowest BCUT2D eigenvalue weighted by Gasteiger charge is -2.31. The van der Waals surface area contributed by atoms with Crippen LogP contribution in [0.15, 0.2) is 47.3 Å². The van der Waals surface area contributed by atoms with Gasteiger partial charge in [-0.25, -0.2) is 4.79 Å². The number of likely N-dealkylation sites (tertiary alicyclic amines) is 1. The van der Waals surface area contributed by atoms with E-state index in [4.69, 9.17) is 4.74 Å². The zero-order valence-corrected chi connectivity index (χ0v) is 16.7. The van der Waals surface area contributed by atoms with Crippen LogP contribution < -0.4 is 10.4 Å². The molecule has 1 atom stereocenters. The van der Waals surface area contributed by atoms with Gasteiger partial charge in [-0.1, -0.05) is 18.2 Å². The van der Waals surface area contributed by atoms with E-state index < -0.39 is 17.6 Å². The first-order valence-corrected chi connectivity index (χ1v) is 9.58. The molecule has 0 aliphatic carbocycles. The molecule has 0 saturated carbocycles. The number of hydrogen-bond acceptors (Lipinski definition) is 5. The summed E-state index contributed by atoms with van der Waals surface area (Å²) in [7, 11) is 3.14. The van der Waals surface area contributed by atoms with E-state index in [-0.39, 0.29) is 25.3 Å². The molecule has 3 aromatic rings. The predicted octanol–water partition coefficient (Wildman–Crippen LogP) is 2.05. The number of para-hydroxylation sites is 1. The highest BCUT2D eigenvalue weighted by atomic mass is 16.5. The van der Waals surface area contributed by atoms with Gasteiger partial charge in [-0.2, -0.15) is 0 Å². The van der Waals surface area contributed by atoms with Gasteiger partial charge >= 0.3 is 5.69 Å². The topological polar surface area (TPSA) is 90.6 Å². The number of aromatic nitrogens is 2. The Morgan fingerprint density at radius 3 is 2.50 bits per heavy atom. The van der Waals surface area contributed by atoms with Gasteiger partial charge in [-0.05, 0) is 36.2 Å². The van der Waals surface area contributed by atoms with Crippen LogP contribution in [0.25, 0.3) is 11.0 Å². The van der Waals surface area contributed by atoms with Gasteiger partial charge in [0.25, 0.3) is 5.91 Å². The lowest BCUT2D eigenvalue weighted by molar-refractivity contribution is -0.151. The van der Waals surface area contributed by atoms with E-state index in [9.17, 15) is 19.2 Å². The van der Waals surface area contributed by atoms with Crippen molar-refractivity contribution in [2.75, 3.05) is 7.11 Å². The molecule has 1 saturated heterocycles. The molecule has 1 aliphatic heterocycles. The van der Waals surface area contributed by atoms with Crippen molar-refractivity contribution in [2.45, 2.75) is 25.4 Å². The maximum atomic E-state index is 13.3. The molecule has 2 heterocycles. The quantitative estimate of drug-likeness (QED) is 0.477. The first-order valence-electron chi connectivity index (χ1n) is 9.58. The van der Waals surface area contributed by atoms with Crippen LogP contribution in [0.2, 0.25) is 0 Å². The second-order valence-corrected chi connectivity index (χ2v) is 7.27. The van der Waals surface area contributed by atoms with Crippen LogP contribution in [-0.4, -0.2) is 39.2 Å². The van der Waals surface area contributed by atoms with Crippen molar-refractivity contribution >= 4 is 29.1 Å². The molecule has 2 amide bonds. The fraction of sp³-hybridized carbons (Fsp3) is 0.273. The van der Waals surface area contributed by atoms with E-state index >= 15 is 0 Å². The van der Waals surface area contributed by atoms with E-state index in [1.54, 1.807) is 56.6 Å². The number of fused-ring (bicyclic) bond motifs is 1. The number of amides is 2. The number of aryl methyl sites for hydroxylation is 1. The lowest BCUT2D eigenvalue weighted by Crippen LogP contribution is -2.47. The number of rotatable bonds is 5. The number of imidazole rings is 1. The van der Waals surface area contributed by atoms with Crippen LogP contribution in [-0.2, 0) is 23.2 Å². The Morgan fingerprint density at radius 1 is 1.10 bits per heavy atom. The third-order valence-electron chi connectivity index (χ3n) is 5.56. The number of aldehydes is 1. The van der Waals surface area contributed by atoms with Crippen molar-refractivity contribution < 1.29 is 19.1 Å². The highest BCUT2D eigenvalue weighted by molar-refractivity contribution is 6.01. The molecule has 4 rings (SSSR count). The van der Waals surface area contributed by atoms with E-state index in [1.165, 1.54) is 14.0 Å². The van der Waals surface area contributed by atoms with Crippen LogP contribution in [0.1, 0.15) is 34.8 Å². The van der Waals surface area contributed by atoms with Gasteiger partial charge in [0.1, 0.15) is 11.8 Å². The molecule has 1 aromatic heterocycles. The maximum absolute atomic E-state index is 13.3. The number of methoxy groups -OCH3 is 1. The van der Waals surface area contributed by atoms with Crippen LogP contribution in [0, 0.1) is 0 Å². The van der Waals surface area contributed by atoms with Crippen molar-refractivity contribution in [3.05, 3.63) is 64.1 Å². The van der Waals surface area contributed by atoms with Gasteiger partial charge in [-0.3, -0.25) is 28.4 Å². The van der Waals surface area contributed by atoms with Gasteiger partial charge in [0.15, 0.2) is 6.29 Å². The molecule has 1 aliphatic rings. The first kappa shape index (κ1) is 19.6. The summed E-state index contributed by atoms with van der Waals surface area (Å²) < 4.78 is 7.91. The Kier molecular flexibility index (Phi) is 4.99. The average molecular weight is 407 g/mol. The van der Waals surface area contributed by atoms with Crippen molar-refractivity contribution in [3.63, 3.8) is 0 Å². The Morgan fingerprint density at radius 2 is 1.83 bits per heavy atom. The minimum atomic E-state index is -0.806. The summed E-state index contributed by atoms with van der Waals surface area (Å²) in [5, 5.41) is 0. The number of carbonyl (C=O) groups is 3. The van der Waals surface area contributed by atoms with Crippen LogP contribution >= 0.6 is 0 Å². The molecule has 0 radical (unpaired) electrons. The maximum Gasteiger partial charge on any atom is 0.329 e. The average Bonchev–Trinajstić information content (AvgIpc) is 3.02. The molecule has 0 bridgehead atoms. The predicted molar refractivity (Wildman–Crippen MR) is 109 cm³/mol. The van der Waals surface area contributed by atoms with E-state index in [1.807, 2.05) is 0 Å². The third-order valence-corrected chi connectivity index (χ3v) is 5.56. The summed E-state index contributed by atoms with van der Waals surface area (Å²) in [6, 6.07) is 11.3. The largest absolute Gasteiger partial charge is 0.497 e. The standard InChI is InChI=1S/C22H21N3O5/c1-23-20-15(13-26)4-3-5-17(20)25(22(23)29)18-10-11-19(27)24(21(18)28)12-14-6-8-16(30-2)9-7-14/h3-9,13,18H,10-12H2,1-2H3. The summed E-state index contributed by atoms with van der Waals surface area (Å²) in [4.78, 5) is 51.4. The summed E-state index contributed by atoms with van der Waals surface area (Å²) in [6.07, 6.45) is 1.08. The van der Waals surface area contributed by atoms with Crippen molar-refractivity contribution in [3.8, 4) is 5.75 Å². The molecular weight excluding hydrogens is 386 g/mol. The number of carbonyl (C=O) groups excluding carboxylic acids is 3. The molecule has 30 heavy (non-hydrogen) atoms. The first-order chi connectivity index (χ1) is 14.5. The van der Waals surface area contributed by atoms with E-state index in [0.717, 1.165) is 5.56 Å². The molecule has 0 spiro atoms. The fourth-order valence-electron chi connectivity index (χ4n) is 4.01. The summed E-state index contributed by atoms with van der Waals surface area (Å²) in [6.45, 7) is 0.122. The number of hydrogen-bond donors (Lipinski definition) is 0. The SMILES string of the molecule is COc1ccc(CN2C(=O)CCC(n3c(=O)n(C)c4c(C=O)cccc43)C2=O)cc1.